The molecular weight excluding hydrogens is 312 g/mol. The van der Waals surface area contributed by atoms with Gasteiger partial charge in [-0.25, -0.2) is 4.98 Å². The fourth-order valence-corrected chi connectivity index (χ4v) is 3.11. The van der Waals surface area contributed by atoms with Crippen LogP contribution in [0.1, 0.15) is 31.8 Å². The predicted octanol–water partition coefficient (Wildman–Crippen LogP) is 3.18. The van der Waals surface area contributed by atoms with Gasteiger partial charge in [-0.05, 0) is 32.4 Å². The molecule has 3 heterocycles. The Hall–Kier alpha value is -2.54. The highest BCUT2D eigenvalue weighted by Gasteiger charge is 2.16. The molecule has 0 aliphatic carbocycles. The summed E-state index contributed by atoms with van der Waals surface area (Å²) in [6.45, 7) is 3.61. The first-order valence-electron chi connectivity index (χ1n) is 7.22. The van der Waals surface area contributed by atoms with E-state index in [2.05, 4.69) is 20.4 Å². The predicted molar refractivity (Wildman–Crippen MR) is 87.7 cm³/mol. The minimum absolute atomic E-state index is 0.211. The molecule has 0 saturated carbocycles. The van der Waals surface area contributed by atoms with Gasteiger partial charge in [0.25, 0.3) is 5.91 Å². The van der Waals surface area contributed by atoms with E-state index in [1.54, 1.807) is 19.2 Å². The van der Waals surface area contributed by atoms with Crippen LogP contribution in [0.3, 0.4) is 0 Å². The number of thiazole rings is 1. The second-order valence-corrected chi connectivity index (χ2v) is 6.20. The van der Waals surface area contributed by atoms with Gasteiger partial charge in [-0.2, -0.15) is 0 Å². The first kappa shape index (κ1) is 15.4. The minimum atomic E-state index is -0.211. The molecule has 0 unspecified atom stereocenters. The third kappa shape index (κ3) is 3.81. The second-order valence-electron chi connectivity index (χ2n) is 5.12. The van der Waals surface area contributed by atoms with Crippen molar-refractivity contribution in [1.29, 1.82) is 0 Å². The second kappa shape index (κ2) is 6.70. The van der Waals surface area contributed by atoms with Crippen LogP contribution in [0.5, 0.6) is 0 Å². The van der Waals surface area contributed by atoms with E-state index in [0.29, 0.717) is 16.5 Å². The maximum atomic E-state index is 12.3. The van der Waals surface area contributed by atoms with Crippen molar-refractivity contribution >= 4 is 23.1 Å². The Labute approximate surface area is 137 Å². The number of aryl methyl sites for hydroxylation is 4. The lowest BCUT2D eigenvalue weighted by Crippen LogP contribution is -2.11. The van der Waals surface area contributed by atoms with Crippen molar-refractivity contribution in [3.05, 3.63) is 57.5 Å². The molecule has 0 aliphatic heterocycles. The Balaban J connectivity index is 1.66. The van der Waals surface area contributed by atoms with E-state index >= 15 is 0 Å². The number of nitrogens with zero attached hydrogens (tertiary/aromatic N) is 3. The molecule has 0 aliphatic rings. The van der Waals surface area contributed by atoms with Gasteiger partial charge in [0.05, 0.1) is 10.7 Å². The summed E-state index contributed by atoms with van der Waals surface area (Å²) >= 11 is 1.40. The normalized spacial score (nSPS) is 10.7. The highest BCUT2D eigenvalue weighted by Crippen LogP contribution is 2.21. The molecule has 1 amide bonds. The highest BCUT2D eigenvalue weighted by atomic mass is 32.1. The zero-order valence-corrected chi connectivity index (χ0v) is 13.7. The number of aromatic nitrogens is 3. The molecule has 0 saturated heterocycles. The maximum Gasteiger partial charge on any atom is 0.268 e. The lowest BCUT2D eigenvalue weighted by Gasteiger charge is -1.98. The molecule has 7 heteroatoms. The van der Waals surface area contributed by atoms with Gasteiger partial charge in [0.2, 0.25) is 0 Å². The van der Waals surface area contributed by atoms with E-state index in [4.69, 9.17) is 4.52 Å². The van der Waals surface area contributed by atoms with E-state index in [0.717, 1.165) is 29.2 Å². The molecule has 1 N–H and O–H groups in total. The number of pyridine rings is 1. The summed E-state index contributed by atoms with van der Waals surface area (Å²) in [6.07, 6.45) is 3.34. The molecule has 0 bridgehead atoms. The molecule has 23 heavy (non-hydrogen) atoms. The molecule has 0 fully saturated rings. The van der Waals surface area contributed by atoms with Crippen LogP contribution in [0.25, 0.3) is 0 Å². The number of nitrogens with one attached hydrogen (secondary N) is 1. The average molecular weight is 328 g/mol. The fraction of sp³-hybridized carbons (Fsp3) is 0.250. The van der Waals surface area contributed by atoms with Crippen molar-refractivity contribution in [2.24, 2.45) is 0 Å². The Morgan fingerprint density at radius 2 is 2.17 bits per heavy atom. The smallest absolute Gasteiger partial charge is 0.268 e. The van der Waals surface area contributed by atoms with E-state index in [-0.39, 0.29) is 5.91 Å². The van der Waals surface area contributed by atoms with Gasteiger partial charge >= 0.3 is 0 Å². The Morgan fingerprint density at radius 1 is 1.30 bits per heavy atom. The first-order chi connectivity index (χ1) is 11.1. The van der Waals surface area contributed by atoms with Gasteiger partial charge in [0.15, 0.2) is 5.82 Å². The monoisotopic (exact) mass is 328 g/mol. The summed E-state index contributed by atoms with van der Waals surface area (Å²) in [5.74, 6) is 0.852. The number of hydrogen-bond acceptors (Lipinski definition) is 6. The largest absolute Gasteiger partial charge is 0.360 e. The third-order valence-corrected chi connectivity index (χ3v) is 4.45. The van der Waals surface area contributed by atoms with E-state index in [9.17, 15) is 4.79 Å². The quantitative estimate of drug-likeness (QED) is 0.778. The summed E-state index contributed by atoms with van der Waals surface area (Å²) in [5.41, 5.74) is 1.74. The molecule has 0 aromatic carbocycles. The van der Waals surface area contributed by atoms with E-state index < -0.39 is 0 Å². The Morgan fingerprint density at radius 3 is 2.87 bits per heavy atom. The van der Waals surface area contributed by atoms with Crippen LogP contribution >= 0.6 is 11.3 Å². The number of anilines is 1. The van der Waals surface area contributed by atoms with Gasteiger partial charge < -0.3 is 9.84 Å². The van der Waals surface area contributed by atoms with Crippen LogP contribution < -0.4 is 5.32 Å². The van der Waals surface area contributed by atoms with Gasteiger partial charge in [-0.1, -0.05) is 11.2 Å². The van der Waals surface area contributed by atoms with Crippen LogP contribution in [0, 0.1) is 13.8 Å². The molecule has 0 spiro atoms. The van der Waals surface area contributed by atoms with Crippen LogP contribution in [0.2, 0.25) is 0 Å². The van der Waals surface area contributed by atoms with Gasteiger partial charge in [-0.3, -0.25) is 9.78 Å². The number of hydrogen-bond donors (Lipinski definition) is 1. The Kier molecular flexibility index (Phi) is 4.47. The van der Waals surface area contributed by atoms with Crippen LogP contribution in [-0.2, 0) is 12.8 Å². The SMILES string of the molecule is Cc1cc(NC(=O)c2sc(CCc3ccccn3)nc2C)no1. The van der Waals surface area contributed by atoms with Crippen molar-refractivity contribution in [3.63, 3.8) is 0 Å². The molecule has 6 nitrogen and oxygen atoms in total. The summed E-state index contributed by atoms with van der Waals surface area (Å²) < 4.78 is 4.94. The Bertz CT molecular complexity index is 811. The number of carbonyl (C=O) groups excluding carboxylic acids is 1. The van der Waals surface area contributed by atoms with Crippen molar-refractivity contribution in [1.82, 2.24) is 15.1 Å². The minimum Gasteiger partial charge on any atom is -0.360 e. The molecule has 0 radical (unpaired) electrons. The number of carbonyl (C=O) groups is 1. The van der Waals surface area contributed by atoms with Crippen molar-refractivity contribution in [2.75, 3.05) is 5.32 Å². The van der Waals surface area contributed by atoms with E-state index in [1.165, 1.54) is 11.3 Å². The van der Waals surface area contributed by atoms with Gasteiger partial charge in [0, 0.05) is 24.4 Å². The molecule has 3 aromatic rings. The zero-order valence-electron chi connectivity index (χ0n) is 12.9. The van der Waals surface area contributed by atoms with Crippen LogP contribution in [0.15, 0.2) is 35.0 Å². The first-order valence-corrected chi connectivity index (χ1v) is 8.04. The molecule has 0 atom stereocenters. The standard InChI is InChI=1S/C16H16N4O2S/c1-10-9-13(20-22-10)19-16(21)15-11(2)18-14(23-15)7-6-12-5-3-4-8-17-12/h3-5,8-9H,6-7H2,1-2H3,(H,19,20,21). The lowest BCUT2D eigenvalue weighted by atomic mass is 10.2. The number of rotatable bonds is 5. The summed E-state index contributed by atoms with van der Waals surface area (Å²) in [4.78, 5) is 21.7. The molecular formula is C16H16N4O2S. The molecule has 3 rings (SSSR count). The van der Waals surface area contributed by atoms with Crippen LogP contribution in [-0.4, -0.2) is 21.0 Å². The lowest BCUT2D eigenvalue weighted by molar-refractivity contribution is 0.102. The molecule has 3 aromatic heterocycles. The highest BCUT2D eigenvalue weighted by molar-refractivity contribution is 7.13. The average Bonchev–Trinajstić information content (AvgIpc) is 3.12. The van der Waals surface area contributed by atoms with Gasteiger partial charge in [-0.15, -0.1) is 11.3 Å². The zero-order chi connectivity index (χ0) is 16.2. The molecule has 118 valence electrons. The summed E-state index contributed by atoms with van der Waals surface area (Å²) in [5, 5.41) is 7.41. The third-order valence-electron chi connectivity index (χ3n) is 3.24. The van der Waals surface area contributed by atoms with Crippen LogP contribution in [0.4, 0.5) is 5.82 Å². The number of amides is 1. The van der Waals surface area contributed by atoms with E-state index in [1.807, 2.05) is 25.1 Å². The summed E-state index contributed by atoms with van der Waals surface area (Å²) in [7, 11) is 0. The van der Waals surface area contributed by atoms with Crippen molar-refractivity contribution < 1.29 is 9.32 Å². The van der Waals surface area contributed by atoms with Crippen molar-refractivity contribution in [3.8, 4) is 0 Å². The van der Waals surface area contributed by atoms with Crippen molar-refractivity contribution in [2.45, 2.75) is 26.7 Å². The summed E-state index contributed by atoms with van der Waals surface area (Å²) in [6, 6.07) is 7.52. The maximum absolute atomic E-state index is 12.3. The fourth-order valence-electron chi connectivity index (χ4n) is 2.15. The van der Waals surface area contributed by atoms with Gasteiger partial charge in [0.1, 0.15) is 10.6 Å². The topological polar surface area (TPSA) is 80.9 Å².